The Hall–Kier alpha value is -0.600. The Bertz CT molecular complexity index is 630. The zero-order valence-corrected chi connectivity index (χ0v) is 16.7. The summed E-state index contributed by atoms with van der Waals surface area (Å²) >= 11 is 0. The lowest BCUT2D eigenvalue weighted by atomic mass is 9.49. The highest BCUT2D eigenvalue weighted by Gasteiger charge is 2.55. The molecule has 3 saturated carbocycles. The van der Waals surface area contributed by atoms with Gasteiger partial charge in [-0.1, -0.05) is 19.1 Å². The lowest BCUT2D eigenvalue weighted by Gasteiger charge is -2.56. The average Bonchev–Trinajstić information content (AvgIpc) is 2.98. The van der Waals surface area contributed by atoms with Crippen LogP contribution in [0.2, 0.25) is 0 Å². The molecule has 4 aliphatic carbocycles. The van der Waals surface area contributed by atoms with Crippen LogP contribution in [0.4, 0.5) is 0 Å². The molecule has 0 aromatic carbocycles. The van der Waals surface area contributed by atoms with Gasteiger partial charge in [-0.25, -0.2) is 0 Å². The van der Waals surface area contributed by atoms with E-state index >= 15 is 0 Å². The van der Waals surface area contributed by atoms with Crippen LogP contribution in [0.15, 0.2) is 23.3 Å². The first kappa shape index (κ1) is 17.5. The fraction of sp³-hybridized carbons (Fsp3) is 0.833. The Morgan fingerprint density at radius 3 is 2.65 bits per heavy atom. The first-order valence-corrected chi connectivity index (χ1v) is 11.2. The molecule has 0 aromatic heterocycles. The predicted molar refractivity (Wildman–Crippen MR) is 105 cm³/mol. The van der Waals surface area contributed by atoms with Crippen LogP contribution in [-0.2, 0) is 4.74 Å². The summed E-state index contributed by atoms with van der Waals surface area (Å²) in [5.74, 6) is 4.40. The van der Waals surface area contributed by atoms with Crippen molar-refractivity contribution in [3.63, 3.8) is 0 Å². The molecule has 5 aliphatic rings. The summed E-state index contributed by atoms with van der Waals surface area (Å²) in [4.78, 5) is 0. The molecule has 1 aliphatic heterocycles. The second-order valence-electron chi connectivity index (χ2n) is 10.5. The van der Waals surface area contributed by atoms with Gasteiger partial charge < -0.3 is 9.84 Å². The van der Waals surface area contributed by atoms with Crippen molar-refractivity contribution in [3.05, 3.63) is 23.3 Å². The number of aliphatic hydroxyl groups is 1. The molecule has 144 valence electrons. The van der Waals surface area contributed by atoms with E-state index in [1.807, 2.05) is 0 Å². The highest BCUT2D eigenvalue weighted by atomic mass is 16.5. The van der Waals surface area contributed by atoms with Crippen molar-refractivity contribution in [2.75, 3.05) is 13.2 Å². The van der Waals surface area contributed by atoms with Gasteiger partial charge in [-0.3, -0.25) is 0 Å². The van der Waals surface area contributed by atoms with Crippen molar-refractivity contribution in [2.24, 2.45) is 35.0 Å². The van der Waals surface area contributed by atoms with E-state index in [4.69, 9.17) is 4.74 Å². The second-order valence-corrected chi connectivity index (χ2v) is 10.5. The van der Waals surface area contributed by atoms with E-state index in [1.165, 1.54) is 38.5 Å². The Labute approximate surface area is 159 Å². The topological polar surface area (TPSA) is 29.5 Å². The van der Waals surface area contributed by atoms with Gasteiger partial charge in [-0.2, -0.15) is 0 Å². The van der Waals surface area contributed by atoms with E-state index in [-0.39, 0.29) is 0 Å². The maximum Gasteiger partial charge on any atom is 0.0653 e. The minimum absolute atomic E-state index is 0.394. The zero-order valence-electron chi connectivity index (χ0n) is 16.7. The fourth-order valence-electron chi connectivity index (χ4n) is 7.92. The molecule has 1 heterocycles. The fourth-order valence-corrected chi connectivity index (χ4v) is 7.92. The molecular weight excluding hydrogens is 320 g/mol. The molecule has 0 spiro atoms. The van der Waals surface area contributed by atoms with Gasteiger partial charge in [0.1, 0.15) is 0 Å². The third-order valence-electron chi connectivity index (χ3n) is 9.13. The maximum atomic E-state index is 10.6. The van der Waals surface area contributed by atoms with Gasteiger partial charge in [-0.15, -0.1) is 0 Å². The Morgan fingerprint density at radius 1 is 1.00 bits per heavy atom. The van der Waals surface area contributed by atoms with Crippen LogP contribution in [0.5, 0.6) is 0 Å². The molecule has 0 saturated heterocycles. The van der Waals surface area contributed by atoms with Gasteiger partial charge in [0.05, 0.1) is 18.8 Å². The molecule has 3 fully saturated rings. The van der Waals surface area contributed by atoms with Crippen LogP contribution in [0.1, 0.15) is 71.6 Å². The highest BCUT2D eigenvalue weighted by molar-refractivity contribution is 5.42. The quantitative estimate of drug-likeness (QED) is 0.693. The standard InChI is InChI=1S/C24H36O2/c1-23(25)11-7-18-17(15-23)3-4-20-19(18)8-12-24(2)21(5-6-22(20)24)16-9-13-26-14-10-16/h5,9,17-20,22,25H,3-4,6-8,10-15H2,1-2H3/t17-,18+,19-,20-,22+,23-,24-/m1/s1. The van der Waals surface area contributed by atoms with Gasteiger partial charge in [0.25, 0.3) is 0 Å². The molecule has 0 unspecified atom stereocenters. The van der Waals surface area contributed by atoms with E-state index in [2.05, 4.69) is 26.0 Å². The van der Waals surface area contributed by atoms with Gasteiger partial charge in [-0.05, 0) is 111 Å². The maximum absolute atomic E-state index is 10.6. The predicted octanol–water partition coefficient (Wildman–Crippen LogP) is 5.27. The van der Waals surface area contributed by atoms with E-state index in [9.17, 15) is 5.11 Å². The lowest BCUT2D eigenvalue weighted by molar-refractivity contribution is -0.0908. The van der Waals surface area contributed by atoms with Crippen molar-refractivity contribution >= 4 is 0 Å². The molecule has 5 rings (SSSR count). The molecule has 7 atom stereocenters. The number of rotatable bonds is 1. The van der Waals surface area contributed by atoms with Crippen molar-refractivity contribution in [2.45, 2.75) is 77.2 Å². The molecule has 2 heteroatoms. The van der Waals surface area contributed by atoms with Crippen LogP contribution >= 0.6 is 0 Å². The van der Waals surface area contributed by atoms with Gasteiger partial charge in [0.15, 0.2) is 0 Å². The van der Waals surface area contributed by atoms with Crippen LogP contribution in [0, 0.1) is 35.0 Å². The van der Waals surface area contributed by atoms with E-state index < -0.39 is 5.60 Å². The first-order valence-electron chi connectivity index (χ1n) is 11.2. The number of hydrogen-bond acceptors (Lipinski definition) is 2. The minimum atomic E-state index is -0.394. The number of ether oxygens (including phenoxy) is 1. The van der Waals surface area contributed by atoms with Gasteiger partial charge in [0.2, 0.25) is 0 Å². The normalized spacial score (nSPS) is 51.0. The van der Waals surface area contributed by atoms with E-state index in [0.717, 1.165) is 62.1 Å². The van der Waals surface area contributed by atoms with Crippen molar-refractivity contribution in [1.82, 2.24) is 0 Å². The summed E-state index contributed by atoms with van der Waals surface area (Å²) in [5, 5.41) is 10.6. The summed E-state index contributed by atoms with van der Waals surface area (Å²) < 4.78 is 5.57. The summed E-state index contributed by atoms with van der Waals surface area (Å²) in [5.41, 5.74) is 3.31. The lowest BCUT2D eigenvalue weighted by Crippen LogP contribution is -2.50. The molecule has 2 nitrogen and oxygen atoms in total. The molecule has 26 heavy (non-hydrogen) atoms. The van der Waals surface area contributed by atoms with Crippen molar-refractivity contribution in [1.29, 1.82) is 0 Å². The van der Waals surface area contributed by atoms with E-state index in [0.29, 0.717) is 5.41 Å². The van der Waals surface area contributed by atoms with Crippen molar-refractivity contribution in [3.8, 4) is 0 Å². The molecular formula is C24H36O2. The average molecular weight is 357 g/mol. The zero-order chi connectivity index (χ0) is 17.9. The summed E-state index contributed by atoms with van der Waals surface area (Å²) in [6.45, 7) is 6.37. The van der Waals surface area contributed by atoms with Crippen LogP contribution in [0.25, 0.3) is 0 Å². The minimum Gasteiger partial charge on any atom is -0.390 e. The Balaban J connectivity index is 1.37. The smallest absolute Gasteiger partial charge is 0.0653 e. The Kier molecular flexibility index (Phi) is 4.18. The molecule has 0 amide bonds. The SMILES string of the molecule is C[C@@]1(O)CC[C@H]2[C@H](CC[C@@H]3[C@@H]2CC[C@]2(C)C(C4=CCOCC4)=CC[C@@H]32)C1. The second kappa shape index (κ2) is 6.21. The molecule has 1 N–H and O–H groups in total. The molecule has 0 aromatic rings. The van der Waals surface area contributed by atoms with Crippen LogP contribution in [-0.4, -0.2) is 23.9 Å². The van der Waals surface area contributed by atoms with E-state index in [1.54, 1.807) is 11.1 Å². The number of fused-ring (bicyclic) bond motifs is 5. The molecule has 0 bridgehead atoms. The number of hydrogen-bond donors (Lipinski definition) is 1. The Morgan fingerprint density at radius 2 is 1.85 bits per heavy atom. The molecule has 0 radical (unpaired) electrons. The monoisotopic (exact) mass is 356 g/mol. The number of allylic oxidation sites excluding steroid dienone is 2. The summed E-state index contributed by atoms with van der Waals surface area (Å²) in [6.07, 6.45) is 16.3. The third-order valence-corrected chi connectivity index (χ3v) is 9.13. The van der Waals surface area contributed by atoms with Crippen molar-refractivity contribution < 1.29 is 9.84 Å². The largest absolute Gasteiger partial charge is 0.390 e. The first-order chi connectivity index (χ1) is 12.5. The van der Waals surface area contributed by atoms with Crippen LogP contribution in [0.3, 0.4) is 0 Å². The van der Waals surface area contributed by atoms with Gasteiger partial charge in [0, 0.05) is 0 Å². The highest BCUT2D eigenvalue weighted by Crippen LogP contribution is 2.64. The summed E-state index contributed by atoms with van der Waals surface area (Å²) in [7, 11) is 0. The van der Waals surface area contributed by atoms with Crippen LogP contribution < -0.4 is 0 Å². The van der Waals surface area contributed by atoms with Gasteiger partial charge >= 0.3 is 0 Å². The summed E-state index contributed by atoms with van der Waals surface area (Å²) in [6, 6.07) is 0. The third kappa shape index (κ3) is 2.66.